The Kier molecular flexibility index (Phi) is 8.97. The van der Waals surface area contributed by atoms with Crippen LogP contribution in [0.15, 0.2) is 58.3 Å². The fourth-order valence-corrected chi connectivity index (χ4v) is 5.92. The van der Waals surface area contributed by atoms with Gasteiger partial charge in [-0.15, -0.1) is 0 Å². The summed E-state index contributed by atoms with van der Waals surface area (Å²) in [6.45, 7) is 4.69. The maximum absolute atomic E-state index is 13.3. The third kappa shape index (κ3) is 6.96. The van der Waals surface area contributed by atoms with Crippen LogP contribution in [0, 0.1) is 0 Å². The number of alkyl halides is 3. The van der Waals surface area contributed by atoms with Gasteiger partial charge in [-0.25, -0.2) is 0 Å². The number of rotatable bonds is 8. The van der Waals surface area contributed by atoms with E-state index in [1.54, 1.807) is 12.1 Å². The van der Waals surface area contributed by atoms with E-state index in [0.29, 0.717) is 28.7 Å². The first-order chi connectivity index (χ1) is 17.8. The fourth-order valence-electron chi connectivity index (χ4n) is 4.87. The molecule has 2 heterocycles. The molecule has 0 unspecified atom stereocenters. The minimum atomic E-state index is -4.42. The first kappa shape index (κ1) is 27.3. The number of hydrogen-bond acceptors (Lipinski definition) is 4. The monoisotopic (exact) mass is 531 g/mol. The van der Waals surface area contributed by atoms with Crippen LogP contribution in [-0.4, -0.2) is 48.9 Å². The van der Waals surface area contributed by atoms with Crippen molar-refractivity contribution in [2.45, 2.75) is 56.1 Å². The van der Waals surface area contributed by atoms with Gasteiger partial charge >= 0.3 is 6.18 Å². The largest absolute Gasteiger partial charge is 0.416 e. The van der Waals surface area contributed by atoms with Gasteiger partial charge in [0, 0.05) is 24.0 Å². The second-order valence-corrected chi connectivity index (χ2v) is 10.5. The van der Waals surface area contributed by atoms with Crippen molar-refractivity contribution in [3.05, 3.63) is 64.6 Å². The minimum absolute atomic E-state index is 0.123. The molecular formula is C28H32F3N3O2S. The average Bonchev–Trinajstić information content (AvgIpc) is 2.89. The number of benzene rings is 2. The van der Waals surface area contributed by atoms with E-state index in [2.05, 4.69) is 17.1 Å². The highest BCUT2D eigenvalue weighted by Gasteiger charge is 2.32. The van der Waals surface area contributed by atoms with E-state index in [1.165, 1.54) is 48.1 Å². The fraction of sp³-hybridized carbons (Fsp3) is 0.429. The number of carbonyl (C=O) groups is 2. The SMILES string of the molecule is CC[C@H]1CCCCN1CCCNC(=O)CN1C(=O)/C(=C/c2ccc(C(F)(F)F)cc2)Sc2ccccc21. The predicted octanol–water partition coefficient (Wildman–Crippen LogP) is 5.96. The molecule has 0 bridgehead atoms. The van der Waals surface area contributed by atoms with E-state index < -0.39 is 11.7 Å². The molecule has 2 aromatic carbocycles. The molecule has 37 heavy (non-hydrogen) atoms. The van der Waals surface area contributed by atoms with Crippen molar-refractivity contribution in [1.82, 2.24) is 10.2 Å². The number of fused-ring (bicyclic) bond motifs is 1. The van der Waals surface area contributed by atoms with Crippen LogP contribution in [0.5, 0.6) is 0 Å². The first-order valence-electron chi connectivity index (χ1n) is 12.7. The van der Waals surface area contributed by atoms with Crippen molar-refractivity contribution in [1.29, 1.82) is 0 Å². The summed E-state index contributed by atoms with van der Waals surface area (Å²) in [5.74, 6) is -0.590. The van der Waals surface area contributed by atoms with Crippen LogP contribution in [0.2, 0.25) is 0 Å². The van der Waals surface area contributed by atoms with Crippen molar-refractivity contribution >= 4 is 35.3 Å². The average molecular weight is 532 g/mol. The van der Waals surface area contributed by atoms with Crippen LogP contribution in [0.3, 0.4) is 0 Å². The second kappa shape index (κ2) is 12.2. The highest BCUT2D eigenvalue weighted by molar-refractivity contribution is 8.04. The molecule has 1 saturated heterocycles. The molecule has 4 rings (SSSR count). The number of nitrogens with one attached hydrogen (secondary N) is 1. The summed E-state index contributed by atoms with van der Waals surface area (Å²) in [6.07, 6.45) is 2.88. The number of nitrogens with zero attached hydrogens (tertiary/aromatic N) is 2. The molecule has 2 aromatic rings. The zero-order valence-electron chi connectivity index (χ0n) is 20.9. The molecule has 0 saturated carbocycles. The van der Waals surface area contributed by atoms with Crippen LogP contribution in [-0.2, 0) is 15.8 Å². The Balaban J connectivity index is 1.40. The Labute approximate surface area is 220 Å². The van der Waals surface area contributed by atoms with Gasteiger partial charge in [-0.05, 0) is 68.1 Å². The molecule has 0 aromatic heterocycles. The van der Waals surface area contributed by atoms with Gasteiger partial charge in [0.2, 0.25) is 5.91 Å². The summed E-state index contributed by atoms with van der Waals surface area (Å²) >= 11 is 1.25. The highest BCUT2D eigenvalue weighted by Crippen LogP contribution is 2.42. The molecule has 2 aliphatic rings. The van der Waals surface area contributed by atoms with Crippen molar-refractivity contribution < 1.29 is 22.8 Å². The third-order valence-electron chi connectivity index (χ3n) is 6.83. The lowest BCUT2D eigenvalue weighted by Crippen LogP contribution is -2.44. The van der Waals surface area contributed by atoms with Crippen LogP contribution in [0.4, 0.5) is 18.9 Å². The summed E-state index contributed by atoms with van der Waals surface area (Å²) in [5, 5.41) is 2.95. The highest BCUT2D eigenvalue weighted by atomic mass is 32.2. The van der Waals surface area contributed by atoms with Gasteiger partial charge in [-0.2, -0.15) is 13.2 Å². The molecule has 2 amide bonds. The van der Waals surface area contributed by atoms with Crippen molar-refractivity contribution in [3.8, 4) is 0 Å². The van der Waals surface area contributed by atoms with E-state index in [9.17, 15) is 22.8 Å². The number of halogens is 3. The Morgan fingerprint density at radius 2 is 1.89 bits per heavy atom. The standard InChI is InChI=1S/C28H32F3N3O2S/c1-2-22-8-5-6-16-33(22)17-7-15-32-26(35)19-34-23-9-3-4-10-24(23)37-25(27(34)36)18-20-11-13-21(14-12-20)28(29,30)31/h3-4,9-14,18,22H,2,5-8,15-17,19H2,1H3,(H,32,35)/b25-18-/t22-/m0/s1. The summed E-state index contributed by atoms with van der Waals surface area (Å²) in [7, 11) is 0. The summed E-state index contributed by atoms with van der Waals surface area (Å²) in [6, 6.07) is 12.6. The van der Waals surface area contributed by atoms with Crippen molar-refractivity contribution in [2.24, 2.45) is 0 Å². The molecule has 0 aliphatic carbocycles. The number of likely N-dealkylation sites (tertiary alicyclic amines) is 1. The van der Waals surface area contributed by atoms with Crippen LogP contribution >= 0.6 is 11.8 Å². The summed E-state index contributed by atoms with van der Waals surface area (Å²) < 4.78 is 38.7. The van der Waals surface area contributed by atoms with Gasteiger partial charge in [-0.3, -0.25) is 14.5 Å². The Bertz CT molecular complexity index is 1130. The number of hydrogen-bond donors (Lipinski definition) is 1. The van der Waals surface area contributed by atoms with Gasteiger partial charge in [0.05, 0.1) is 16.2 Å². The van der Waals surface area contributed by atoms with E-state index >= 15 is 0 Å². The van der Waals surface area contributed by atoms with Crippen LogP contribution < -0.4 is 10.2 Å². The maximum atomic E-state index is 13.3. The molecule has 2 aliphatic heterocycles. The van der Waals surface area contributed by atoms with Gasteiger partial charge in [-0.1, -0.05) is 49.4 Å². The van der Waals surface area contributed by atoms with Gasteiger partial charge in [0.15, 0.2) is 0 Å². The van der Waals surface area contributed by atoms with E-state index in [-0.39, 0.29) is 18.4 Å². The van der Waals surface area contributed by atoms with Gasteiger partial charge in [0.25, 0.3) is 5.91 Å². The number of anilines is 1. The smallest absolute Gasteiger partial charge is 0.355 e. The lowest BCUT2D eigenvalue weighted by atomic mass is 10.00. The summed E-state index contributed by atoms with van der Waals surface area (Å²) in [5.41, 5.74) is 0.387. The van der Waals surface area contributed by atoms with E-state index in [0.717, 1.165) is 43.0 Å². The molecule has 9 heteroatoms. The zero-order valence-corrected chi connectivity index (χ0v) is 21.7. The molecule has 0 spiro atoms. The first-order valence-corrected chi connectivity index (χ1v) is 13.6. The van der Waals surface area contributed by atoms with Gasteiger partial charge in [0.1, 0.15) is 6.54 Å². The van der Waals surface area contributed by atoms with Crippen molar-refractivity contribution in [3.63, 3.8) is 0 Å². The van der Waals surface area contributed by atoms with E-state index in [4.69, 9.17) is 0 Å². The molecule has 1 atom stereocenters. The number of amides is 2. The summed E-state index contributed by atoms with van der Waals surface area (Å²) in [4.78, 5) is 31.2. The Hall–Kier alpha value is -2.78. The Morgan fingerprint density at radius 3 is 2.62 bits per heavy atom. The maximum Gasteiger partial charge on any atom is 0.416 e. The Morgan fingerprint density at radius 1 is 1.14 bits per heavy atom. The molecule has 1 fully saturated rings. The molecule has 5 nitrogen and oxygen atoms in total. The van der Waals surface area contributed by atoms with E-state index in [1.807, 2.05) is 18.2 Å². The number of thioether (sulfide) groups is 1. The minimum Gasteiger partial charge on any atom is -0.355 e. The molecule has 1 N–H and O–H groups in total. The van der Waals surface area contributed by atoms with Crippen molar-refractivity contribution in [2.75, 3.05) is 31.1 Å². The second-order valence-electron chi connectivity index (χ2n) is 9.39. The lowest BCUT2D eigenvalue weighted by Gasteiger charge is -2.35. The quantitative estimate of drug-likeness (QED) is 0.338. The number of piperidine rings is 1. The topological polar surface area (TPSA) is 52.7 Å². The molecule has 0 radical (unpaired) electrons. The number of carbonyl (C=O) groups excluding carboxylic acids is 2. The lowest BCUT2D eigenvalue weighted by molar-refractivity contribution is -0.137. The molecule has 198 valence electrons. The normalized spacial score (nSPS) is 19.7. The van der Waals surface area contributed by atoms with Gasteiger partial charge < -0.3 is 10.2 Å². The van der Waals surface area contributed by atoms with Crippen LogP contribution in [0.1, 0.15) is 50.2 Å². The number of para-hydroxylation sites is 1. The zero-order chi connectivity index (χ0) is 26.4. The molecular weight excluding hydrogens is 499 g/mol. The van der Waals surface area contributed by atoms with Crippen LogP contribution in [0.25, 0.3) is 6.08 Å². The predicted molar refractivity (Wildman–Crippen MR) is 141 cm³/mol. The third-order valence-corrected chi connectivity index (χ3v) is 7.91.